The zero-order valence-corrected chi connectivity index (χ0v) is 17.1. The quantitative estimate of drug-likeness (QED) is 0.238. The van der Waals surface area contributed by atoms with E-state index in [0.29, 0.717) is 6.42 Å². The van der Waals surface area contributed by atoms with Gasteiger partial charge in [0.05, 0.1) is 26.9 Å². The van der Waals surface area contributed by atoms with Crippen molar-refractivity contribution in [2.75, 3.05) is 26.9 Å². The molecule has 2 aliphatic rings. The average molecular weight is 446 g/mol. The summed E-state index contributed by atoms with van der Waals surface area (Å²) in [6.07, 6.45) is -11.3. The summed E-state index contributed by atoms with van der Waals surface area (Å²) in [7, 11) is 1.58. The van der Waals surface area contributed by atoms with Crippen LogP contribution in [0.1, 0.15) is 5.56 Å². The predicted octanol–water partition coefficient (Wildman–Crippen LogP) is -2.48. The van der Waals surface area contributed by atoms with Gasteiger partial charge >= 0.3 is 0 Å². The van der Waals surface area contributed by atoms with E-state index in [1.807, 2.05) is 24.3 Å². The minimum absolute atomic E-state index is 0.180. The molecule has 1 aromatic rings. The van der Waals surface area contributed by atoms with E-state index >= 15 is 0 Å². The fourth-order valence-corrected chi connectivity index (χ4v) is 3.47. The van der Waals surface area contributed by atoms with E-state index in [1.54, 1.807) is 7.11 Å². The molecule has 0 saturated carbocycles. The highest BCUT2D eigenvalue weighted by atomic mass is 16.7. The molecule has 1 aromatic carbocycles. The van der Waals surface area contributed by atoms with Crippen molar-refractivity contribution in [3.05, 3.63) is 29.8 Å². The summed E-state index contributed by atoms with van der Waals surface area (Å²) in [6, 6.07) is 7.37. The lowest BCUT2D eigenvalue weighted by atomic mass is 9.99. The minimum Gasteiger partial charge on any atom is -0.497 e. The Labute approximate surface area is 179 Å². The monoisotopic (exact) mass is 446 g/mol. The van der Waals surface area contributed by atoms with Crippen LogP contribution in [0.2, 0.25) is 0 Å². The van der Waals surface area contributed by atoms with E-state index in [2.05, 4.69) is 0 Å². The SMILES string of the molecule is COc1ccc(CCO[C@@H]2O[C@H](CO[C@@H]3O[C@@H](CO)[C@H](O)[C@H]3O)[C@@H](O)[C@H](O)[C@H]2O)cc1. The molecule has 0 unspecified atom stereocenters. The van der Waals surface area contributed by atoms with Crippen LogP contribution < -0.4 is 4.74 Å². The highest BCUT2D eigenvalue weighted by Gasteiger charge is 2.47. The van der Waals surface area contributed by atoms with Crippen molar-refractivity contribution in [2.24, 2.45) is 0 Å². The standard InChI is InChI=1S/C20H30O11/c1-27-11-4-2-10(3-5-11)6-7-28-19-18(26)16(24)15(23)13(31-19)9-29-20-17(25)14(22)12(8-21)30-20/h2-5,12-26H,6-9H2,1H3/t12-,13+,14-,15+,16-,17+,18+,19+,20+/m0/s1. The summed E-state index contributed by atoms with van der Waals surface area (Å²) in [5.41, 5.74) is 0.968. The third kappa shape index (κ3) is 5.71. The van der Waals surface area contributed by atoms with Gasteiger partial charge in [-0.15, -0.1) is 0 Å². The molecule has 2 heterocycles. The molecule has 176 valence electrons. The van der Waals surface area contributed by atoms with E-state index in [-0.39, 0.29) is 13.2 Å². The lowest BCUT2D eigenvalue weighted by Gasteiger charge is -2.40. The molecule has 0 spiro atoms. The van der Waals surface area contributed by atoms with Crippen molar-refractivity contribution in [3.63, 3.8) is 0 Å². The molecular formula is C20H30O11. The number of hydrogen-bond acceptors (Lipinski definition) is 11. The smallest absolute Gasteiger partial charge is 0.186 e. The molecule has 0 aliphatic carbocycles. The summed E-state index contributed by atoms with van der Waals surface area (Å²) in [5, 5.41) is 59.3. The van der Waals surface area contributed by atoms with Gasteiger partial charge in [-0.2, -0.15) is 0 Å². The number of benzene rings is 1. The molecule has 31 heavy (non-hydrogen) atoms. The van der Waals surface area contributed by atoms with E-state index in [1.165, 1.54) is 0 Å². The molecule has 0 radical (unpaired) electrons. The van der Waals surface area contributed by atoms with Gasteiger partial charge in [-0.1, -0.05) is 12.1 Å². The Morgan fingerprint density at radius 3 is 1.97 bits per heavy atom. The molecule has 0 bridgehead atoms. The Balaban J connectivity index is 1.51. The molecule has 2 fully saturated rings. The summed E-state index contributed by atoms with van der Waals surface area (Å²) in [6.45, 7) is -0.648. The Hall–Kier alpha value is -1.38. The maximum Gasteiger partial charge on any atom is 0.186 e. The molecule has 11 heteroatoms. The first-order valence-electron chi connectivity index (χ1n) is 10.0. The van der Waals surface area contributed by atoms with Crippen molar-refractivity contribution in [1.29, 1.82) is 0 Å². The maximum atomic E-state index is 10.2. The van der Waals surface area contributed by atoms with Crippen LogP contribution in [0.15, 0.2) is 24.3 Å². The van der Waals surface area contributed by atoms with E-state index < -0.39 is 61.9 Å². The lowest BCUT2D eigenvalue weighted by molar-refractivity contribution is -0.310. The number of rotatable bonds is 9. The van der Waals surface area contributed by atoms with Crippen LogP contribution in [0.5, 0.6) is 5.75 Å². The second-order valence-electron chi connectivity index (χ2n) is 7.52. The van der Waals surface area contributed by atoms with Crippen molar-refractivity contribution in [1.82, 2.24) is 0 Å². The fourth-order valence-electron chi connectivity index (χ4n) is 3.47. The van der Waals surface area contributed by atoms with Crippen LogP contribution in [0.3, 0.4) is 0 Å². The van der Waals surface area contributed by atoms with Gasteiger partial charge in [-0.3, -0.25) is 0 Å². The van der Waals surface area contributed by atoms with Crippen LogP contribution in [0.4, 0.5) is 0 Å². The van der Waals surface area contributed by atoms with Crippen molar-refractivity contribution in [3.8, 4) is 5.75 Å². The van der Waals surface area contributed by atoms with Gasteiger partial charge in [0.2, 0.25) is 0 Å². The van der Waals surface area contributed by atoms with Gasteiger partial charge in [0.25, 0.3) is 0 Å². The molecule has 11 nitrogen and oxygen atoms in total. The number of ether oxygens (including phenoxy) is 5. The Bertz CT molecular complexity index is 672. The van der Waals surface area contributed by atoms with Gasteiger partial charge < -0.3 is 54.3 Å². The average Bonchev–Trinajstić information content (AvgIpc) is 3.06. The first-order chi connectivity index (χ1) is 14.8. The van der Waals surface area contributed by atoms with Crippen LogP contribution in [0.25, 0.3) is 0 Å². The van der Waals surface area contributed by atoms with E-state index in [9.17, 15) is 25.5 Å². The van der Waals surface area contributed by atoms with Gasteiger partial charge in [-0.05, 0) is 24.1 Å². The Kier molecular flexibility index (Phi) is 8.58. The summed E-state index contributed by atoms with van der Waals surface area (Å²) < 4.78 is 26.8. The van der Waals surface area contributed by atoms with Crippen molar-refractivity contribution < 1.29 is 54.3 Å². The third-order valence-electron chi connectivity index (χ3n) is 5.42. The normalized spacial score (nSPS) is 38.4. The largest absolute Gasteiger partial charge is 0.497 e. The third-order valence-corrected chi connectivity index (χ3v) is 5.42. The molecule has 2 aliphatic heterocycles. The predicted molar refractivity (Wildman–Crippen MR) is 103 cm³/mol. The van der Waals surface area contributed by atoms with Crippen molar-refractivity contribution >= 4 is 0 Å². The van der Waals surface area contributed by atoms with Crippen molar-refractivity contribution in [2.45, 2.75) is 61.7 Å². The number of hydrogen-bond donors (Lipinski definition) is 6. The number of aliphatic hydroxyl groups is 6. The van der Waals surface area contributed by atoms with Gasteiger partial charge in [0.15, 0.2) is 12.6 Å². The maximum absolute atomic E-state index is 10.2. The van der Waals surface area contributed by atoms with Crippen LogP contribution in [-0.2, 0) is 25.4 Å². The van der Waals surface area contributed by atoms with Crippen LogP contribution >= 0.6 is 0 Å². The van der Waals surface area contributed by atoms with Gasteiger partial charge in [0.1, 0.15) is 48.5 Å². The molecule has 0 aromatic heterocycles. The minimum atomic E-state index is -1.54. The van der Waals surface area contributed by atoms with Crippen LogP contribution in [-0.4, -0.2) is 113 Å². The molecule has 0 amide bonds. The number of methoxy groups -OCH3 is 1. The number of aliphatic hydroxyl groups excluding tert-OH is 6. The first-order valence-corrected chi connectivity index (χ1v) is 10.0. The second kappa shape index (κ2) is 11.0. The fraction of sp³-hybridized carbons (Fsp3) is 0.700. The van der Waals surface area contributed by atoms with Gasteiger partial charge in [0, 0.05) is 0 Å². The van der Waals surface area contributed by atoms with E-state index in [0.717, 1.165) is 11.3 Å². The van der Waals surface area contributed by atoms with Gasteiger partial charge in [-0.25, -0.2) is 0 Å². The molecule has 9 atom stereocenters. The molecular weight excluding hydrogens is 416 g/mol. The first kappa shape index (κ1) is 24.3. The summed E-state index contributed by atoms with van der Waals surface area (Å²) in [5.74, 6) is 0.727. The zero-order chi connectivity index (χ0) is 22.5. The summed E-state index contributed by atoms with van der Waals surface area (Å²) >= 11 is 0. The topological polar surface area (TPSA) is 168 Å². The summed E-state index contributed by atoms with van der Waals surface area (Å²) in [4.78, 5) is 0. The molecule has 2 saturated heterocycles. The second-order valence-corrected chi connectivity index (χ2v) is 7.52. The highest BCUT2D eigenvalue weighted by molar-refractivity contribution is 5.27. The zero-order valence-electron chi connectivity index (χ0n) is 17.1. The Morgan fingerprint density at radius 2 is 1.35 bits per heavy atom. The highest BCUT2D eigenvalue weighted by Crippen LogP contribution is 2.26. The van der Waals surface area contributed by atoms with Crippen LogP contribution in [0, 0.1) is 0 Å². The Morgan fingerprint density at radius 1 is 0.774 bits per heavy atom. The molecule has 3 rings (SSSR count). The molecule has 6 N–H and O–H groups in total. The van der Waals surface area contributed by atoms with E-state index in [4.69, 9.17) is 28.8 Å². The lowest BCUT2D eigenvalue weighted by Crippen LogP contribution is -2.59.